The summed E-state index contributed by atoms with van der Waals surface area (Å²) in [6, 6.07) is 9.33. The smallest absolute Gasteiger partial charge is 0.259 e. The fourth-order valence-electron chi connectivity index (χ4n) is 2.85. The normalized spacial score (nSPS) is 16.1. The number of nitrogens with zero attached hydrogens (tertiary/aromatic N) is 5. The SMILES string of the molecule is N#CC1(NC(=O)COc2ccc(-n3cnnn3)cc2)CCCCC1. The van der Waals surface area contributed by atoms with Crippen LogP contribution in [0.2, 0.25) is 0 Å². The maximum atomic E-state index is 12.1. The van der Waals surface area contributed by atoms with Crippen LogP contribution in [0.4, 0.5) is 0 Å². The molecule has 0 spiro atoms. The Morgan fingerprint density at radius 1 is 1.29 bits per heavy atom. The van der Waals surface area contributed by atoms with E-state index in [0.29, 0.717) is 18.6 Å². The van der Waals surface area contributed by atoms with Gasteiger partial charge in [-0.05, 0) is 47.5 Å². The number of rotatable bonds is 5. The molecule has 1 N–H and O–H groups in total. The van der Waals surface area contributed by atoms with Crippen molar-refractivity contribution in [3.63, 3.8) is 0 Å². The van der Waals surface area contributed by atoms with Crippen molar-refractivity contribution in [2.75, 3.05) is 6.61 Å². The van der Waals surface area contributed by atoms with Gasteiger partial charge in [-0.25, -0.2) is 4.68 Å². The summed E-state index contributed by atoms with van der Waals surface area (Å²) < 4.78 is 7.01. The monoisotopic (exact) mass is 326 g/mol. The lowest BCUT2D eigenvalue weighted by atomic mass is 9.83. The number of hydrogen-bond donors (Lipinski definition) is 1. The third-order valence-electron chi connectivity index (χ3n) is 4.12. The average molecular weight is 326 g/mol. The molecule has 1 amide bonds. The average Bonchev–Trinajstić information content (AvgIpc) is 3.16. The van der Waals surface area contributed by atoms with Crippen molar-refractivity contribution in [1.82, 2.24) is 25.5 Å². The molecule has 8 heteroatoms. The van der Waals surface area contributed by atoms with Gasteiger partial charge in [-0.15, -0.1) is 5.10 Å². The van der Waals surface area contributed by atoms with Crippen LogP contribution in [0, 0.1) is 11.3 Å². The number of amides is 1. The van der Waals surface area contributed by atoms with Crippen LogP contribution in [0.3, 0.4) is 0 Å². The first-order valence-electron chi connectivity index (χ1n) is 7.89. The second kappa shape index (κ2) is 7.08. The summed E-state index contributed by atoms with van der Waals surface area (Å²) in [7, 11) is 0. The molecule has 8 nitrogen and oxygen atoms in total. The van der Waals surface area contributed by atoms with Crippen LogP contribution < -0.4 is 10.1 Å². The van der Waals surface area contributed by atoms with Crippen molar-refractivity contribution in [2.45, 2.75) is 37.6 Å². The van der Waals surface area contributed by atoms with E-state index < -0.39 is 5.54 Å². The molecule has 1 saturated carbocycles. The molecular weight excluding hydrogens is 308 g/mol. The zero-order chi connectivity index (χ0) is 16.8. The topological polar surface area (TPSA) is 106 Å². The Bertz CT molecular complexity index is 714. The van der Waals surface area contributed by atoms with Gasteiger partial charge in [0.25, 0.3) is 5.91 Å². The highest BCUT2D eigenvalue weighted by Crippen LogP contribution is 2.27. The van der Waals surface area contributed by atoms with Crippen molar-refractivity contribution in [3.8, 4) is 17.5 Å². The van der Waals surface area contributed by atoms with Gasteiger partial charge in [0.1, 0.15) is 17.6 Å². The molecule has 1 aliphatic carbocycles. The molecule has 1 aliphatic rings. The molecular formula is C16H18N6O2. The second-order valence-corrected chi connectivity index (χ2v) is 5.84. The third kappa shape index (κ3) is 3.68. The van der Waals surface area contributed by atoms with E-state index in [1.165, 1.54) is 11.0 Å². The Kier molecular flexibility index (Phi) is 4.70. The number of benzene rings is 1. The summed E-state index contributed by atoms with van der Waals surface area (Å²) in [6.07, 6.45) is 5.95. The van der Waals surface area contributed by atoms with E-state index in [1.807, 2.05) is 0 Å². The fourth-order valence-corrected chi connectivity index (χ4v) is 2.85. The van der Waals surface area contributed by atoms with Crippen molar-refractivity contribution >= 4 is 5.91 Å². The largest absolute Gasteiger partial charge is 0.484 e. The maximum absolute atomic E-state index is 12.1. The molecule has 0 radical (unpaired) electrons. The highest BCUT2D eigenvalue weighted by Gasteiger charge is 2.33. The lowest BCUT2D eigenvalue weighted by Gasteiger charge is -2.31. The highest BCUT2D eigenvalue weighted by molar-refractivity contribution is 5.78. The highest BCUT2D eigenvalue weighted by atomic mass is 16.5. The number of nitriles is 1. The number of nitrogens with one attached hydrogen (secondary N) is 1. The Labute approximate surface area is 139 Å². The second-order valence-electron chi connectivity index (χ2n) is 5.84. The van der Waals surface area contributed by atoms with E-state index in [9.17, 15) is 10.1 Å². The molecule has 24 heavy (non-hydrogen) atoms. The van der Waals surface area contributed by atoms with E-state index in [2.05, 4.69) is 26.9 Å². The van der Waals surface area contributed by atoms with Gasteiger partial charge < -0.3 is 10.1 Å². The molecule has 2 aromatic rings. The Morgan fingerprint density at radius 3 is 2.67 bits per heavy atom. The van der Waals surface area contributed by atoms with E-state index in [-0.39, 0.29) is 12.5 Å². The summed E-state index contributed by atoms with van der Waals surface area (Å²) >= 11 is 0. The minimum atomic E-state index is -0.733. The molecule has 124 valence electrons. The molecule has 0 unspecified atom stereocenters. The summed E-state index contributed by atoms with van der Waals surface area (Å²) in [5.41, 5.74) is 0.0604. The van der Waals surface area contributed by atoms with Crippen molar-refractivity contribution in [3.05, 3.63) is 30.6 Å². The first-order chi connectivity index (χ1) is 11.7. The number of tetrazole rings is 1. The maximum Gasteiger partial charge on any atom is 0.259 e. The summed E-state index contributed by atoms with van der Waals surface area (Å²) in [6.45, 7) is -0.117. The molecule has 1 fully saturated rings. The van der Waals surface area contributed by atoms with Gasteiger partial charge in [0, 0.05) is 0 Å². The molecule has 0 bridgehead atoms. The Balaban J connectivity index is 1.53. The predicted molar refractivity (Wildman–Crippen MR) is 84.2 cm³/mol. The quantitative estimate of drug-likeness (QED) is 0.890. The minimum Gasteiger partial charge on any atom is -0.484 e. The standard InChI is InChI=1S/C16H18N6O2/c17-11-16(8-2-1-3-9-16)19-15(23)10-24-14-6-4-13(5-7-14)22-12-18-20-21-22/h4-7,12H,1-3,8-10H2,(H,19,23). The molecule has 0 saturated heterocycles. The summed E-state index contributed by atoms with van der Waals surface area (Å²) in [5.74, 6) is 0.291. The fraction of sp³-hybridized carbons (Fsp3) is 0.438. The number of carbonyl (C=O) groups excluding carboxylic acids is 1. The third-order valence-corrected chi connectivity index (χ3v) is 4.12. The first kappa shape index (κ1) is 15.9. The Hall–Kier alpha value is -2.95. The molecule has 0 aliphatic heterocycles. The van der Waals surface area contributed by atoms with E-state index >= 15 is 0 Å². The van der Waals surface area contributed by atoms with E-state index in [4.69, 9.17) is 4.74 Å². The minimum absolute atomic E-state index is 0.117. The lowest BCUT2D eigenvalue weighted by molar-refractivity contribution is -0.124. The number of ether oxygens (including phenoxy) is 1. The van der Waals surface area contributed by atoms with Gasteiger partial charge in [-0.3, -0.25) is 4.79 Å². The van der Waals surface area contributed by atoms with Crippen LogP contribution in [0.25, 0.3) is 5.69 Å². The van der Waals surface area contributed by atoms with Gasteiger partial charge in [0.15, 0.2) is 6.61 Å². The van der Waals surface area contributed by atoms with Crippen LogP contribution in [-0.4, -0.2) is 38.3 Å². The molecule has 1 aromatic carbocycles. The van der Waals surface area contributed by atoms with Gasteiger partial charge >= 0.3 is 0 Å². The zero-order valence-corrected chi connectivity index (χ0v) is 13.2. The van der Waals surface area contributed by atoms with Gasteiger partial charge in [-0.1, -0.05) is 19.3 Å². The van der Waals surface area contributed by atoms with Crippen LogP contribution in [0.1, 0.15) is 32.1 Å². The summed E-state index contributed by atoms with van der Waals surface area (Å²) in [5, 5.41) is 23.1. The lowest BCUT2D eigenvalue weighted by Crippen LogP contribution is -2.50. The van der Waals surface area contributed by atoms with Crippen LogP contribution in [0.15, 0.2) is 30.6 Å². The van der Waals surface area contributed by atoms with Gasteiger partial charge in [0.05, 0.1) is 11.8 Å². The zero-order valence-electron chi connectivity index (χ0n) is 13.2. The van der Waals surface area contributed by atoms with E-state index in [0.717, 1.165) is 24.9 Å². The molecule has 1 aromatic heterocycles. The van der Waals surface area contributed by atoms with Gasteiger partial charge in [-0.2, -0.15) is 5.26 Å². The summed E-state index contributed by atoms with van der Waals surface area (Å²) in [4.78, 5) is 12.1. The van der Waals surface area contributed by atoms with Crippen molar-refractivity contribution < 1.29 is 9.53 Å². The van der Waals surface area contributed by atoms with Crippen molar-refractivity contribution in [1.29, 1.82) is 5.26 Å². The first-order valence-corrected chi connectivity index (χ1v) is 7.89. The van der Waals surface area contributed by atoms with Gasteiger partial charge in [0.2, 0.25) is 0 Å². The van der Waals surface area contributed by atoms with Crippen molar-refractivity contribution in [2.24, 2.45) is 0 Å². The number of hydrogen-bond acceptors (Lipinski definition) is 6. The number of aromatic nitrogens is 4. The molecule has 1 heterocycles. The Morgan fingerprint density at radius 2 is 2.04 bits per heavy atom. The van der Waals surface area contributed by atoms with Crippen LogP contribution in [0.5, 0.6) is 5.75 Å². The number of carbonyl (C=O) groups is 1. The van der Waals surface area contributed by atoms with Crippen LogP contribution in [-0.2, 0) is 4.79 Å². The van der Waals surface area contributed by atoms with Crippen LogP contribution >= 0.6 is 0 Å². The molecule has 0 atom stereocenters. The predicted octanol–water partition coefficient (Wildman–Crippen LogP) is 1.38. The van der Waals surface area contributed by atoms with E-state index in [1.54, 1.807) is 24.3 Å². The molecule has 3 rings (SSSR count).